The van der Waals surface area contributed by atoms with Crippen molar-refractivity contribution in [2.45, 2.75) is 72.3 Å². The monoisotopic (exact) mass is 227 g/mol. The van der Waals surface area contributed by atoms with Gasteiger partial charge < -0.3 is 11.1 Å². The van der Waals surface area contributed by atoms with Crippen LogP contribution in [0.4, 0.5) is 0 Å². The number of unbranched alkanes of at least 4 members (excludes halogenated alkanes) is 3. The summed E-state index contributed by atoms with van der Waals surface area (Å²) >= 11 is 0. The maximum Gasteiger partial charge on any atom is 0.186 e. The van der Waals surface area contributed by atoms with Crippen molar-refractivity contribution in [2.75, 3.05) is 0 Å². The molecule has 0 heterocycles. The summed E-state index contributed by atoms with van der Waals surface area (Å²) in [5.74, 6) is 0.0617. The summed E-state index contributed by atoms with van der Waals surface area (Å²) in [6.45, 7) is 11.0. The van der Waals surface area contributed by atoms with E-state index < -0.39 is 0 Å². The molecule has 0 aromatic heterocycles. The first-order valence-electron chi connectivity index (χ1n) is 6.35. The van der Waals surface area contributed by atoms with Crippen LogP contribution in [0.1, 0.15) is 66.7 Å². The predicted molar refractivity (Wildman–Crippen MR) is 71.7 cm³/mol. The second kappa shape index (κ2) is 6.12. The highest BCUT2D eigenvalue weighted by molar-refractivity contribution is 5.75. The normalized spacial score (nSPS) is 12.6. The largest absolute Gasteiger partial charge is 0.370 e. The van der Waals surface area contributed by atoms with E-state index >= 15 is 0 Å². The molecule has 0 radical (unpaired) electrons. The molecule has 0 rings (SSSR count). The molecule has 0 amide bonds. The Morgan fingerprint density at radius 1 is 1.12 bits per heavy atom. The lowest BCUT2D eigenvalue weighted by atomic mass is 9.71. The molecular formula is C13H29N3. The van der Waals surface area contributed by atoms with Gasteiger partial charge in [0.1, 0.15) is 0 Å². The highest BCUT2D eigenvalue weighted by Gasteiger charge is 2.36. The zero-order valence-corrected chi connectivity index (χ0v) is 11.6. The highest BCUT2D eigenvalue weighted by atomic mass is 15.1. The van der Waals surface area contributed by atoms with Crippen molar-refractivity contribution < 1.29 is 0 Å². The van der Waals surface area contributed by atoms with Crippen molar-refractivity contribution in [1.29, 1.82) is 5.41 Å². The number of hydrogen-bond acceptors (Lipinski definition) is 1. The van der Waals surface area contributed by atoms with Gasteiger partial charge >= 0.3 is 0 Å². The van der Waals surface area contributed by atoms with Crippen LogP contribution in [0.2, 0.25) is 0 Å². The van der Waals surface area contributed by atoms with Gasteiger partial charge in [0.2, 0.25) is 0 Å². The van der Waals surface area contributed by atoms with Crippen LogP contribution in [0.15, 0.2) is 0 Å². The first-order chi connectivity index (χ1) is 7.23. The molecule has 0 aromatic rings. The van der Waals surface area contributed by atoms with Crippen molar-refractivity contribution in [3.63, 3.8) is 0 Å². The van der Waals surface area contributed by atoms with Gasteiger partial charge in [0.05, 0.1) is 0 Å². The molecule has 0 aliphatic rings. The van der Waals surface area contributed by atoms with Gasteiger partial charge in [0, 0.05) is 5.54 Å². The van der Waals surface area contributed by atoms with E-state index in [1.807, 2.05) is 0 Å². The molecule has 3 nitrogen and oxygen atoms in total. The molecule has 0 aliphatic carbocycles. The van der Waals surface area contributed by atoms with Gasteiger partial charge in [-0.25, -0.2) is 0 Å². The Hall–Kier alpha value is -0.730. The third-order valence-corrected chi connectivity index (χ3v) is 3.79. The minimum Gasteiger partial charge on any atom is -0.370 e. The zero-order valence-electron chi connectivity index (χ0n) is 11.6. The van der Waals surface area contributed by atoms with Gasteiger partial charge in [0.25, 0.3) is 0 Å². The van der Waals surface area contributed by atoms with Crippen molar-refractivity contribution in [3.8, 4) is 0 Å². The first-order valence-corrected chi connectivity index (χ1v) is 6.35. The van der Waals surface area contributed by atoms with Crippen LogP contribution in [0, 0.1) is 10.8 Å². The maximum absolute atomic E-state index is 7.34. The summed E-state index contributed by atoms with van der Waals surface area (Å²) in [6, 6.07) is 0. The van der Waals surface area contributed by atoms with E-state index in [-0.39, 0.29) is 16.9 Å². The first kappa shape index (κ1) is 15.3. The fourth-order valence-corrected chi connectivity index (χ4v) is 1.81. The molecule has 16 heavy (non-hydrogen) atoms. The fraction of sp³-hybridized carbons (Fsp3) is 0.923. The molecular weight excluding hydrogens is 198 g/mol. The molecule has 0 unspecified atom stereocenters. The summed E-state index contributed by atoms with van der Waals surface area (Å²) in [7, 11) is 0. The summed E-state index contributed by atoms with van der Waals surface area (Å²) < 4.78 is 0. The van der Waals surface area contributed by atoms with E-state index in [4.69, 9.17) is 11.1 Å². The summed E-state index contributed by atoms with van der Waals surface area (Å²) in [4.78, 5) is 0. The van der Waals surface area contributed by atoms with Gasteiger partial charge in [-0.3, -0.25) is 5.41 Å². The lowest BCUT2D eigenvalue weighted by Gasteiger charge is -2.42. The van der Waals surface area contributed by atoms with Gasteiger partial charge in [-0.2, -0.15) is 0 Å². The van der Waals surface area contributed by atoms with E-state index in [9.17, 15) is 0 Å². The Morgan fingerprint density at radius 2 is 1.69 bits per heavy atom. The molecule has 0 fully saturated rings. The van der Waals surface area contributed by atoms with Gasteiger partial charge in [-0.15, -0.1) is 0 Å². The molecule has 0 saturated heterocycles. The van der Waals surface area contributed by atoms with Crippen molar-refractivity contribution in [3.05, 3.63) is 0 Å². The lowest BCUT2D eigenvalue weighted by molar-refractivity contribution is 0.158. The van der Waals surface area contributed by atoms with Crippen LogP contribution in [0.3, 0.4) is 0 Å². The molecule has 4 N–H and O–H groups in total. The Balaban J connectivity index is 4.22. The van der Waals surface area contributed by atoms with Crippen LogP contribution in [0.25, 0.3) is 0 Å². The molecule has 0 spiro atoms. The Kier molecular flexibility index (Phi) is 5.84. The molecule has 0 atom stereocenters. The summed E-state index contributed by atoms with van der Waals surface area (Å²) in [5.41, 5.74) is 5.44. The van der Waals surface area contributed by atoms with E-state index in [1.54, 1.807) is 0 Å². The summed E-state index contributed by atoms with van der Waals surface area (Å²) in [5, 5.41) is 10.4. The number of nitrogens with two attached hydrogens (primary N) is 1. The van der Waals surface area contributed by atoms with Crippen LogP contribution < -0.4 is 11.1 Å². The highest BCUT2D eigenvalue weighted by Crippen LogP contribution is 2.35. The van der Waals surface area contributed by atoms with Crippen LogP contribution >= 0.6 is 0 Å². The minimum atomic E-state index is -0.134. The number of guanidine groups is 1. The quantitative estimate of drug-likeness (QED) is 0.355. The van der Waals surface area contributed by atoms with E-state index in [0.29, 0.717) is 0 Å². The molecule has 3 heteroatoms. The summed E-state index contributed by atoms with van der Waals surface area (Å²) in [6.07, 6.45) is 6.31. The second-order valence-corrected chi connectivity index (χ2v) is 5.86. The Bertz CT molecular complexity index is 219. The topological polar surface area (TPSA) is 61.9 Å². The second-order valence-electron chi connectivity index (χ2n) is 5.86. The van der Waals surface area contributed by atoms with Gasteiger partial charge in [-0.05, 0) is 25.7 Å². The minimum absolute atomic E-state index is 0.0617. The van der Waals surface area contributed by atoms with Crippen LogP contribution in [-0.2, 0) is 0 Å². The average Bonchev–Trinajstić information content (AvgIpc) is 2.10. The van der Waals surface area contributed by atoms with Crippen LogP contribution in [-0.4, -0.2) is 11.5 Å². The molecule has 0 aliphatic heterocycles. The standard InChI is InChI=1S/C13H29N3/c1-6-7-8-9-10-12(2,3)13(4,5)16-11(14)15/h6-10H2,1-5H3,(H4,14,15,16). The van der Waals surface area contributed by atoms with E-state index in [2.05, 4.69) is 39.9 Å². The fourth-order valence-electron chi connectivity index (χ4n) is 1.81. The van der Waals surface area contributed by atoms with Gasteiger partial charge in [0.15, 0.2) is 5.96 Å². The SMILES string of the molecule is CCCCCCC(C)(C)C(C)(C)NC(=N)N. The van der Waals surface area contributed by atoms with Crippen molar-refractivity contribution in [1.82, 2.24) is 5.32 Å². The average molecular weight is 227 g/mol. The number of hydrogen-bond donors (Lipinski definition) is 3. The smallest absolute Gasteiger partial charge is 0.186 e. The third-order valence-electron chi connectivity index (χ3n) is 3.79. The Morgan fingerprint density at radius 3 is 2.12 bits per heavy atom. The van der Waals surface area contributed by atoms with E-state index in [0.717, 1.165) is 0 Å². The van der Waals surface area contributed by atoms with E-state index in [1.165, 1.54) is 32.1 Å². The lowest BCUT2D eigenvalue weighted by Crippen LogP contribution is -2.55. The predicted octanol–water partition coefficient (Wildman–Crippen LogP) is 3.24. The third kappa shape index (κ3) is 4.86. The zero-order chi connectivity index (χ0) is 12.8. The number of rotatable bonds is 7. The molecule has 0 aromatic carbocycles. The van der Waals surface area contributed by atoms with Crippen LogP contribution in [0.5, 0.6) is 0 Å². The molecule has 0 saturated carbocycles. The molecule has 96 valence electrons. The van der Waals surface area contributed by atoms with Gasteiger partial charge in [-0.1, -0.05) is 46.5 Å². The van der Waals surface area contributed by atoms with Crippen molar-refractivity contribution >= 4 is 5.96 Å². The number of nitrogens with one attached hydrogen (secondary N) is 2. The maximum atomic E-state index is 7.34. The van der Waals surface area contributed by atoms with Crippen molar-refractivity contribution in [2.24, 2.45) is 11.1 Å². The molecule has 0 bridgehead atoms. The Labute approximate surface area is 101 Å².